The lowest BCUT2D eigenvalue weighted by Crippen LogP contribution is -2.34. The molecule has 0 aliphatic carbocycles. The lowest BCUT2D eigenvalue weighted by Gasteiger charge is -2.12. The van der Waals surface area contributed by atoms with Crippen LogP contribution in [0.15, 0.2) is 42.5 Å². The van der Waals surface area contributed by atoms with Gasteiger partial charge in [0.15, 0.2) is 5.11 Å². The van der Waals surface area contributed by atoms with Crippen LogP contribution >= 0.6 is 35.4 Å². The van der Waals surface area contributed by atoms with Gasteiger partial charge in [0.05, 0.1) is 17.3 Å². The minimum Gasteiger partial charge on any atom is -0.494 e. The maximum absolute atomic E-state index is 12.3. The van der Waals surface area contributed by atoms with Crippen molar-refractivity contribution >= 4 is 52.1 Å². The number of hydrogen-bond donors (Lipinski definition) is 2. The molecule has 0 unspecified atom stereocenters. The van der Waals surface area contributed by atoms with Gasteiger partial charge in [-0.3, -0.25) is 10.1 Å². The van der Waals surface area contributed by atoms with E-state index >= 15 is 0 Å². The quantitative estimate of drug-likeness (QED) is 0.721. The van der Waals surface area contributed by atoms with Crippen molar-refractivity contribution in [2.75, 3.05) is 11.9 Å². The average molecular weight is 383 g/mol. The van der Waals surface area contributed by atoms with Crippen LogP contribution in [-0.2, 0) is 0 Å². The van der Waals surface area contributed by atoms with Crippen molar-refractivity contribution in [1.29, 1.82) is 0 Å². The topological polar surface area (TPSA) is 50.4 Å². The zero-order chi connectivity index (χ0) is 17.5. The SMILES string of the molecule is CCCOc1cccc(C(=O)NC(=S)Nc2cc(Cl)ccc2Cl)c1. The van der Waals surface area contributed by atoms with Gasteiger partial charge in [0.1, 0.15) is 5.75 Å². The highest BCUT2D eigenvalue weighted by Crippen LogP contribution is 2.25. The number of carbonyl (C=O) groups excluding carboxylic acids is 1. The Kier molecular flexibility index (Phi) is 6.85. The molecule has 2 N–H and O–H groups in total. The zero-order valence-corrected chi connectivity index (χ0v) is 15.3. The standard InChI is InChI=1S/C17H16Cl2N2O2S/c1-2-8-23-13-5-3-4-11(9-13)16(22)21-17(24)20-15-10-12(18)6-7-14(15)19/h3-7,9-10H,2,8H2,1H3,(H2,20,21,22,24). The predicted octanol–water partition coefficient (Wildman–Crippen LogP) is 4.91. The van der Waals surface area contributed by atoms with E-state index in [0.717, 1.165) is 6.42 Å². The van der Waals surface area contributed by atoms with Crippen LogP contribution in [-0.4, -0.2) is 17.6 Å². The van der Waals surface area contributed by atoms with Crippen LogP contribution in [0.3, 0.4) is 0 Å². The van der Waals surface area contributed by atoms with Gasteiger partial charge in [0.25, 0.3) is 5.91 Å². The highest BCUT2D eigenvalue weighted by Gasteiger charge is 2.10. The van der Waals surface area contributed by atoms with Gasteiger partial charge in [0, 0.05) is 10.6 Å². The van der Waals surface area contributed by atoms with E-state index in [0.29, 0.717) is 33.7 Å². The normalized spacial score (nSPS) is 10.1. The monoisotopic (exact) mass is 382 g/mol. The van der Waals surface area contributed by atoms with Gasteiger partial charge in [-0.15, -0.1) is 0 Å². The van der Waals surface area contributed by atoms with Crippen molar-refractivity contribution < 1.29 is 9.53 Å². The summed E-state index contributed by atoms with van der Waals surface area (Å²) in [6.45, 7) is 2.61. The molecule has 0 radical (unpaired) electrons. The smallest absolute Gasteiger partial charge is 0.257 e. The molecule has 2 aromatic carbocycles. The predicted molar refractivity (Wildman–Crippen MR) is 102 cm³/mol. The molecule has 126 valence electrons. The fourth-order valence-electron chi connectivity index (χ4n) is 1.87. The Morgan fingerprint density at radius 3 is 2.75 bits per heavy atom. The first-order valence-electron chi connectivity index (χ1n) is 7.30. The summed E-state index contributed by atoms with van der Waals surface area (Å²) in [5.41, 5.74) is 0.972. The highest BCUT2D eigenvalue weighted by molar-refractivity contribution is 7.80. The molecule has 0 aliphatic heterocycles. The van der Waals surface area contributed by atoms with E-state index in [-0.39, 0.29) is 11.0 Å². The Bertz CT molecular complexity index is 753. The molecule has 0 saturated heterocycles. The molecule has 2 aromatic rings. The summed E-state index contributed by atoms with van der Waals surface area (Å²) >= 11 is 17.1. The molecule has 2 rings (SSSR count). The lowest BCUT2D eigenvalue weighted by molar-refractivity contribution is 0.0977. The second-order valence-corrected chi connectivity index (χ2v) is 6.16. The Morgan fingerprint density at radius 1 is 1.21 bits per heavy atom. The molecule has 24 heavy (non-hydrogen) atoms. The molecule has 0 aliphatic rings. The fourth-order valence-corrected chi connectivity index (χ4v) is 2.41. The van der Waals surface area contributed by atoms with Gasteiger partial charge in [-0.25, -0.2) is 0 Å². The van der Waals surface area contributed by atoms with Crippen molar-refractivity contribution in [2.45, 2.75) is 13.3 Å². The second kappa shape index (κ2) is 8.87. The van der Waals surface area contributed by atoms with Crippen LogP contribution in [0.4, 0.5) is 5.69 Å². The van der Waals surface area contributed by atoms with Crippen molar-refractivity contribution in [2.24, 2.45) is 0 Å². The van der Waals surface area contributed by atoms with E-state index in [1.807, 2.05) is 6.92 Å². The first kappa shape index (κ1) is 18.5. The third-order valence-electron chi connectivity index (χ3n) is 2.97. The molecular formula is C17H16Cl2N2O2S. The largest absolute Gasteiger partial charge is 0.494 e. The molecule has 0 heterocycles. The number of halogens is 2. The van der Waals surface area contributed by atoms with Crippen molar-refractivity contribution in [3.05, 3.63) is 58.1 Å². The average Bonchev–Trinajstić information content (AvgIpc) is 2.56. The molecule has 0 fully saturated rings. The summed E-state index contributed by atoms with van der Waals surface area (Å²) in [5, 5.41) is 6.54. The Balaban J connectivity index is 2.01. The number of rotatable bonds is 5. The van der Waals surface area contributed by atoms with Crippen LogP contribution in [0.25, 0.3) is 0 Å². The second-order valence-electron chi connectivity index (χ2n) is 4.91. The van der Waals surface area contributed by atoms with Crippen LogP contribution in [0.1, 0.15) is 23.7 Å². The number of amides is 1. The first-order chi connectivity index (χ1) is 11.5. The summed E-state index contributed by atoms with van der Waals surface area (Å²) in [7, 11) is 0. The summed E-state index contributed by atoms with van der Waals surface area (Å²) < 4.78 is 5.51. The molecular weight excluding hydrogens is 367 g/mol. The van der Waals surface area contributed by atoms with Gasteiger partial charge >= 0.3 is 0 Å². The summed E-state index contributed by atoms with van der Waals surface area (Å²) in [6, 6.07) is 11.8. The minimum absolute atomic E-state index is 0.129. The van der Waals surface area contributed by atoms with E-state index in [9.17, 15) is 4.79 Å². The van der Waals surface area contributed by atoms with Crippen molar-refractivity contribution in [3.8, 4) is 5.75 Å². The number of thiocarbonyl (C=S) groups is 1. The molecule has 1 amide bonds. The van der Waals surface area contributed by atoms with E-state index in [1.54, 1.807) is 42.5 Å². The number of ether oxygens (including phenoxy) is 1. The van der Waals surface area contributed by atoms with Crippen LogP contribution in [0.5, 0.6) is 5.75 Å². The van der Waals surface area contributed by atoms with E-state index < -0.39 is 0 Å². The summed E-state index contributed by atoms with van der Waals surface area (Å²) in [5.74, 6) is 0.300. The molecule has 0 saturated carbocycles. The van der Waals surface area contributed by atoms with E-state index in [4.69, 9.17) is 40.2 Å². The van der Waals surface area contributed by atoms with Crippen LogP contribution < -0.4 is 15.4 Å². The number of benzene rings is 2. The minimum atomic E-state index is -0.340. The number of carbonyl (C=O) groups is 1. The van der Waals surface area contributed by atoms with Crippen LogP contribution in [0, 0.1) is 0 Å². The first-order valence-corrected chi connectivity index (χ1v) is 8.46. The molecule has 0 spiro atoms. The van der Waals surface area contributed by atoms with Crippen LogP contribution in [0.2, 0.25) is 10.0 Å². The molecule has 4 nitrogen and oxygen atoms in total. The fraction of sp³-hybridized carbons (Fsp3) is 0.176. The van der Waals surface area contributed by atoms with Gasteiger partial charge in [-0.05, 0) is 55.0 Å². The van der Waals surface area contributed by atoms with E-state index in [1.165, 1.54) is 0 Å². The van der Waals surface area contributed by atoms with Crippen molar-refractivity contribution in [1.82, 2.24) is 5.32 Å². The maximum Gasteiger partial charge on any atom is 0.257 e. The number of nitrogens with one attached hydrogen (secondary N) is 2. The lowest BCUT2D eigenvalue weighted by atomic mass is 10.2. The molecule has 0 aromatic heterocycles. The Hall–Kier alpha value is -1.82. The third kappa shape index (κ3) is 5.37. The zero-order valence-electron chi connectivity index (χ0n) is 12.9. The number of anilines is 1. The molecule has 0 atom stereocenters. The summed E-state index contributed by atoms with van der Waals surface area (Å²) in [4.78, 5) is 12.3. The molecule has 0 bridgehead atoms. The van der Waals surface area contributed by atoms with Gasteiger partial charge in [0.2, 0.25) is 0 Å². The Morgan fingerprint density at radius 2 is 2.00 bits per heavy atom. The maximum atomic E-state index is 12.3. The van der Waals surface area contributed by atoms with Gasteiger partial charge < -0.3 is 10.1 Å². The number of hydrogen-bond acceptors (Lipinski definition) is 3. The van der Waals surface area contributed by atoms with Gasteiger partial charge in [-0.1, -0.05) is 36.2 Å². The summed E-state index contributed by atoms with van der Waals surface area (Å²) in [6.07, 6.45) is 0.894. The molecule has 7 heteroatoms. The highest BCUT2D eigenvalue weighted by atomic mass is 35.5. The van der Waals surface area contributed by atoms with E-state index in [2.05, 4.69) is 10.6 Å². The third-order valence-corrected chi connectivity index (χ3v) is 3.74. The van der Waals surface area contributed by atoms with Gasteiger partial charge in [-0.2, -0.15) is 0 Å². The Labute approximate surface area is 156 Å². The van der Waals surface area contributed by atoms with Crippen molar-refractivity contribution in [3.63, 3.8) is 0 Å².